The predicted octanol–water partition coefficient (Wildman–Crippen LogP) is 0.781. The normalized spacial score (nSPS) is 15.9. The molecule has 17 heavy (non-hydrogen) atoms. The fourth-order valence-corrected chi connectivity index (χ4v) is 2.85. The van der Waals surface area contributed by atoms with Crippen LogP contribution < -0.4 is 4.90 Å². The van der Waals surface area contributed by atoms with Crippen molar-refractivity contribution in [1.29, 1.82) is 0 Å². The molecule has 6 nitrogen and oxygen atoms in total. The SMILES string of the molecule is COCc1cc(N2CCSC2)n2ncnc2n1. The smallest absolute Gasteiger partial charge is 0.254 e. The molecule has 0 bridgehead atoms. The second-order valence-corrected chi connectivity index (χ2v) is 4.89. The molecule has 0 radical (unpaired) electrons. The molecule has 0 spiro atoms. The highest BCUT2D eigenvalue weighted by Gasteiger charge is 2.17. The number of nitrogens with zero attached hydrogens (tertiary/aromatic N) is 5. The van der Waals surface area contributed by atoms with E-state index in [-0.39, 0.29) is 0 Å². The minimum absolute atomic E-state index is 0.497. The number of hydrogen-bond donors (Lipinski definition) is 0. The van der Waals surface area contributed by atoms with Gasteiger partial charge in [-0.2, -0.15) is 14.6 Å². The molecule has 1 aliphatic heterocycles. The summed E-state index contributed by atoms with van der Waals surface area (Å²) in [5, 5.41) is 4.22. The number of hydrogen-bond acceptors (Lipinski definition) is 6. The Morgan fingerprint density at radius 2 is 2.47 bits per heavy atom. The van der Waals surface area contributed by atoms with Gasteiger partial charge in [-0.25, -0.2) is 4.98 Å². The lowest BCUT2D eigenvalue weighted by Crippen LogP contribution is -2.22. The van der Waals surface area contributed by atoms with Crippen LogP contribution in [0.15, 0.2) is 12.4 Å². The van der Waals surface area contributed by atoms with E-state index in [2.05, 4.69) is 20.0 Å². The van der Waals surface area contributed by atoms with Crippen LogP contribution in [-0.2, 0) is 11.3 Å². The van der Waals surface area contributed by atoms with Crippen molar-refractivity contribution in [3.8, 4) is 0 Å². The van der Waals surface area contributed by atoms with Gasteiger partial charge in [0, 0.05) is 25.5 Å². The van der Waals surface area contributed by atoms with Gasteiger partial charge in [0.2, 0.25) is 0 Å². The maximum atomic E-state index is 5.13. The number of methoxy groups -OCH3 is 1. The third-order valence-corrected chi connectivity index (χ3v) is 3.62. The Hall–Kier alpha value is -1.34. The van der Waals surface area contributed by atoms with Crippen molar-refractivity contribution in [2.45, 2.75) is 6.61 Å². The van der Waals surface area contributed by atoms with E-state index in [4.69, 9.17) is 4.74 Å². The van der Waals surface area contributed by atoms with Gasteiger partial charge in [0.05, 0.1) is 18.2 Å². The number of ether oxygens (including phenoxy) is 1. The van der Waals surface area contributed by atoms with Gasteiger partial charge in [-0.3, -0.25) is 0 Å². The molecule has 0 amide bonds. The predicted molar refractivity (Wildman–Crippen MR) is 66.2 cm³/mol. The highest BCUT2D eigenvalue weighted by molar-refractivity contribution is 7.99. The Labute approximate surface area is 103 Å². The van der Waals surface area contributed by atoms with Gasteiger partial charge in [0.15, 0.2) is 0 Å². The minimum atomic E-state index is 0.497. The number of thioether (sulfide) groups is 1. The zero-order chi connectivity index (χ0) is 11.7. The summed E-state index contributed by atoms with van der Waals surface area (Å²) < 4.78 is 6.91. The van der Waals surface area contributed by atoms with Gasteiger partial charge in [0.25, 0.3) is 5.78 Å². The number of anilines is 1. The van der Waals surface area contributed by atoms with Crippen LogP contribution in [0.4, 0.5) is 5.82 Å². The van der Waals surface area contributed by atoms with Crippen LogP contribution in [0.1, 0.15) is 5.69 Å². The molecule has 0 aliphatic carbocycles. The second kappa shape index (κ2) is 4.50. The summed E-state index contributed by atoms with van der Waals surface area (Å²) in [5.41, 5.74) is 0.889. The van der Waals surface area contributed by atoms with E-state index < -0.39 is 0 Å². The lowest BCUT2D eigenvalue weighted by molar-refractivity contribution is 0.181. The van der Waals surface area contributed by atoms with Gasteiger partial charge in [-0.1, -0.05) is 0 Å². The van der Waals surface area contributed by atoms with Crippen LogP contribution >= 0.6 is 11.8 Å². The van der Waals surface area contributed by atoms with Gasteiger partial charge < -0.3 is 9.64 Å². The topological polar surface area (TPSA) is 55.6 Å². The summed E-state index contributed by atoms with van der Waals surface area (Å²) in [4.78, 5) is 10.8. The van der Waals surface area contributed by atoms with Crippen molar-refractivity contribution in [2.24, 2.45) is 0 Å². The monoisotopic (exact) mass is 251 g/mol. The molecule has 0 aromatic carbocycles. The molecular formula is C10H13N5OS. The third-order valence-electron chi connectivity index (χ3n) is 2.65. The number of rotatable bonds is 3. The zero-order valence-corrected chi connectivity index (χ0v) is 10.4. The lowest BCUT2D eigenvalue weighted by atomic mass is 10.4. The van der Waals surface area contributed by atoms with E-state index >= 15 is 0 Å². The van der Waals surface area contributed by atoms with E-state index in [1.54, 1.807) is 11.6 Å². The standard InChI is InChI=1S/C10H13N5OS/c1-16-5-8-4-9(14-2-3-17-7-14)15-10(13-8)11-6-12-15/h4,6H,2-3,5,7H2,1H3. The molecule has 0 atom stereocenters. The first-order valence-corrected chi connectivity index (χ1v) is 6.55. The third kappa shape index (κ3) is 1.96. The number of fused-ring (bicyclic) bond motifs is 1. The summed E-state index contributed by atoms with van der Waals surface area (Å²) in [6.07, 6.45) is 1.53. The van der Waals surface area contributed by atoms with E-state index in [0.29, 0.717) is 12.4 Å². The lowest BCUT2D eigenvalue weighted by Gasteiger charge is -2.17. The second-order valence-electron chi connectivity index (χ2n) is 3.81. The molecule has 90 valence electrons. The van der Waals surface area contributed by atoms with Gasteiger partial charge >= 0.3 is 0 Å². The first kappa shape index (κ1) is 10.8. The van der Waals surface area contributed by atoms with Gasteiger partial charge in [-0.15, -0.1) is 11.8 Å². The average Bonchev–Trinajstić information content (AvgIpc) is 2.99. The molecule has 1 aliphatic rings. The first-order chi connectivity index (χ1) is 8.38. The van der Waals surface area contributed by atoms with Gasteiger partial charge in [-0.05, 0) is 0 Å². The largest absolute Gasteiger partial charge is 0.378 e. The highest BCUT2D eigenvalue weighted by Crippen LogP contribution is 2.23. The zero-order valence-electron chi connectivity index (χ0n) is 9.54. The molecular weight excluding hydrogens is 238 g/mol. The fraction of sp³-hybridized carbons (Fsp3) is 0.500. The molecule has 1 fully saturated rings. The van der Waals surface area contributed by atoms with Crippen molar-refractivity contribution in [1.82, 2.24) is 19.6 Å². The molecule has 0 saturated carbocycles. The summed E-state index contributed by atoms with van der Waals surface area (Å²) in [7, 11) is 1.67. The van der Waals surface area contributed by atoms with Crippen LogP contribution in [0.2, 0.25) is 0 Å². The molecule has 0 unspecified atom stereocenters. The maximum absolute atomic E-state index is 5.13. The summed E-state index contributed by atoms with van der Waals surface area (Å²) in [6.45, 7) is 1.54. The minimum Gasteiger partial charge on any atom is -0.378 e. The Morgan fingerprint density at radius 1 is 1.53 bits per heavy atom. The van der Waals surface area contributed by atoms with Crippen molar-refractivity contribution >= 4 is 23.4 Å². The molecule has 3 heterocycles. The van der Waals surface area contributed by atoms with Crippen LogP contribution in [-0.4, -0.2) is 44.9 Å². The Bertz CT molecular complexity index is 522. The van der Waals surface area contributed by atoms with Crippen molar-refractivity contribution < 1.29 is 4.74 Å². The van der Waals surface area contributed by atoms with Crippen molar-refractivity contribution in [2.75, 3.05) is 30.2 Å². The van der Waals surface area contributed by atoms with Crippen LogP contribution in [0.3, 0.4) is 0 Å². The quantitative estimate of drug-likeness (QED) is 0.803. The van der Waals surface area contributed by atoms with E-state index in [1.807, 2.05) is 17.8 Å². The average molecular weight is 251 g/mol. The van der Waals surface area contributed by atoms with E-state index in [9.17, 15) is 0 Å². The van der Waals surface area contributed by atoms with Crippen LogP contribution in [0, 0.1) is 0 Å². The molecule has 3 rings (SSSR count). The molecule has 0 N–H and O–H groups in total. The summed E-state index contributed by atoms with van der Waals surface area (Å²) >= 11 is 1.92. The first-order valence-electron chi connectivity index (χ1n) is 5.40. The summed E-state index contributed by atoms with van der Waals surface area (Å²) in [5.74, 6) is 3.82. The Kier molecular flexibility index (Phi) is 2.86. The summed E-state index contributed by atoms with van der Waals surface area (Å²) in [6, 6.07) is 2.02. The van der Waals surface area contributed by atoms with E-state index in [0.717, 1.165) is 29.7 Å². The molecule has 2 aromatic rings. The number of aromatic nitrogens is 4. The van der Waals surface area contributed by atoms with Crippen molar-refractivity contribution in [3.05, 3.63) is 18.1 Å². The molecule has 1 saturated heterocycles. The van der Waals surface area contributed by atoms with Crippen LogP contribution in [0.25, 0.3) is 5.78 Å². The fourth-order valence-electron chi connectivity index (χ4n) is 1.89. The van der Waals surface area contributed by atoms with Crippen LogP contribution in [0.5, 0.6) is 0 Å². The Morgan fingerprint density at radius 3 is 3.24 bits per heavy atom. The van der Waals surface area contributed by atoms with Gasteiger partial charge in [0.1, 0.15) is 12.1 Å². The maximum Gasteiger partial charge on any atom is 0.254 e. The molecule has 7 heteroatoms. The van der Waals surface area contributed by atoms with E-state index in [1.165, 1.54) is 6.33 Å². The van der Waals surface area contributed by atoms with Crippen molar-refractivity contribution in [3.63, 3.8) is 0 Å². The Balaban J connectivity index is 2.09. The molecule has 2 aromatic heterocycles. The highest BCUT2D eigenvalue weighted by atomic mass is 32.2.